The van der Waals surface area contributed by atoms with E-state index in [9.17, 15) is 4.79 Å². The second-order valence-electron chi connectivity index (χ2n) is 4.95. The molecule has 0 aliphatic heterocycles. The molecule has 0 aromatic heterocycles. The molecular weight excluding hydrogens is 350 g/mol. The Morgan fingerprint density at radius 1 is 1.19 bits per heavy atom. The van der Waals surface area contributed by atoms with E-state index in [1.54, 1.807) is 6.08 Å². The van der Waals surface area contributed by atoms with Crippen molar-refractivity contribution in [2.24, 2.45) is 0 Å². The minimum Gasteiger partial charge on any atom is -0.359 e. The van der Waals surface area contributed by atoms with E-state index in [1.165, 1.54) is 18.9 Å². The largest absolute Gasteiger partial charge is 0.359 e. The summed E-state index contributed by atoms with van der Waals surface area (Å²) in [5.74, 6) is -0.242. The van der Waals surface area contributed by atoms with Crippen LogP contribution < -0.4 is 16.2 Å². The number of nitrogens with one attached hydrogen (secondary N) is 3. The molecule has 0 atom stereocenters. The third-order valence-electron chi connectivity index (χ3n) is 3.29. The number of benzene rings is 1. The monoisotopic (exact) mass is 367 g/mol. The molecule has 4 nitrogen and oxygen atoms in total. The summed E-state index contributed by atoms with van der Waals surface area (Å²) >= 11 is 8.50. The van der Waals surface area contributed by atoms with E-state index < -0.39 is 0 Å². The molecule has 0 spiro atoms. The van der Waals surface area contributed by atoms with Gasteiger partial charge < -0.3 is 5.32 Å². The molecular formula is C15H18BrN3OS. The molecule has 2 rings (SSSR count). The molecule has 3 N–H and O–H groups in total. The van der Waals surface area contributed by atoms with Gasteiger partial charge in [-0.3, -0.25) is 15.6 Å². The van der Waals surface area contributed by atoms with E-state index in [-0.39, 0.29) is 5.91 Å². The van der Waals surface area contributed by atoms with E-state index in [2.05, 4.69) is 32.1 Å². The highest BCUT2D eigenvalue weighted by atomic mass is 79.9. The molecule has 1 aliphatic carbocycles. The lowest BCUT2D eigenvalue weighted by Gasteiger charge is -2.15. The molecule has 1 aliphatic rings. The molecule has 1 aromatic rings. The Morgan fingerprint density at radius 3 is 2.52 bits per heavy atom. The number of carbonyl (C=O) groups is 1. The van der Waals surface area contributed by atoms with Crippen LogP contribution in [0.2, 0.25) is 0 Å². The highest BCUT2D eigenvalue weighted by Crippen LogP contribution is 2.17. The molecule has 21 heavy (non-hydrogen) atoms. The number of thiocarbonyl (C=S) groups is 1. The van der Waals surface area contributed by atoms with E-state index >= 15 is 0 Å². The highest BCUT2D eigenvalue weighted by molar-refractivity contribution is 9.10. The van der Waals surface area contributed by atoms with Gasteiger partial charge in [-0.1, -0.05) is 40.9 Å². The maximum Gasteiger partial charge on any atom is 0.262 e. The van der Waals surface area contributed by atoms with Gasteiger partial charge in [0.25, 0.3) is 5.91 Å². The highest BCUT2D eigenvalue weighted by Gasteiger charge is 2.15. The van der Waals surface area contributed by atoms with Crippen molar-refractivity contribution in [3.05, 3.63) is 40.4 Å². The predicted octanol–water partition coefficient (Wildman–Crippen LogP) is 2.90. The molecule has 0 radical (unpaired) electrons. The number of hydrogen-bond donors (Lipinski definition) is 3. The molecule has 1 aromatic carbocycles. The fourth-order valence-corrected chi connectivity index (χ4v) is 2.68. The second-order valence-corrected chi connectivity index (χ2v) is 6.28. The fraction of sp³-hybridized carbons (Fsp3) is 0.333. The maximum atomic E-state index is 11.7. The average molecular weight is 368 g/mol. The zero-order valence-electron chi connectivity index (χ0n) is 11.6. The lowest BCUT2D eigenvalue weighted by atomic mass is 10.2. The first-order valence-corrected chi connectivity index (χ1v) is 8.14. The summed E-state index contributed by atoms with van der Waals surface area (Å²) in [6, 6.07) is 8.13. The van der Waals surface area contributed by atoms with Gasteiger partial charge in [-0.25, -0.2) is 0 Å². The molecule has 0 saturated heterocycles. The minimum atomic E-state index is -0.242. The normalized spacial score (nSPS) is 15.1. The van der Waals surface area contributed by atoms with Gasteiger partial charge in [0.1, 0.15) is 0 Å². The quantitative estimate of drug-likeness (QED) is 0.436. The van der Waals surface area contributed by atoms with Gasteiger partial charge in [0.2, 0.25) is 0 Å². The first kappa shape index (κ1) is 16.0. The second kappa shape index (κ2) is 8.14. The average Bonchev–Trinajstić information content (AvgIpc) is 2.97. The predicted molar refractivity (Wildman–Crippen MR) is 92.4 cm³/mol. The van der Waals surface area contributed by atoms with Crippen molar-refractivity contribution in [2.75, 3.05) is 0 Å². The van der Waals surface area contributed by atoms with E-state index in [1.807, 2.05) is 24.3 Å². The molecule has 112 valence electrons. The van der Waals surface area contributed by atoms with E-state index in [0.717, 1.165) is 22.9 Å². The number of amides is 1. The first-order chi connectivity index (χ1) is 10.1. The molecule has 1 amide bonds. The molecule has 1 saturated carbocycles. The minimum absolute atomic E-state index is 0.242. The summed E-state index contributed by atoms with van der Waals surface area (Å²) < 4.78 is 1.01. The van der Waals surface area contributed by atoms with Crippen molar-refractivity contribution in [2.45, 2.75) is 31.7 Å². The Hall–Kier alpha value is -1.40. The van der Waals surface area contributed by atoms with Crippen LogP contribution in [0.15, 0.2) is 34.8 Å². The van der Waals surface area contributed by atoms with Crippen molar-refractivity contribution in [3.8, 4) is 0 Å². The third-order valence-corrected chi connectivity index (χ3v) is 4.04. The van der Waals surface area contributed by atoms with Crippen molar-refractivity contribution in [1.29, 1.82) is 0 Å². The number of halogens is 1. The Balaban J connectivity index is 1.71. The van der Waals surface area contributed by atoms with Crippen molar-refractivity contribution in [1.82, 2.24) is 16.2 Å². The SMILES string of the molecule is O=C(/C=C/c1ccc(Br)cc1)NNC(=S)NC1CCCC1. The van der Waals surface area contributed by atoms with Crippen LogP contribution >= 0.6 is 28.1 Å². The maximum absolute atomic E-state index is 11.7. The summed E-state index contributed by atoms with van der Waals surface area (Å²) in [6.45, 7) is 0. The smallest absolute Gasteiger partial charge is 0.262 e. The molecule has 6 heteroatoms. The van der Waals surface area contributed by atoms with Crippen molar-refractivity contribution in [3.63, 3.8) is 0 Å². The molecule has 0 unspecified atom stereocenters. The Morgan fingerprint density at radius 2 is 1.86 bits per heavy atom. The topological polar surface area (TPSA) is 53.2 Å². The van der Waals surface area contributed by atoms with Gasteiger partial charge in [0, 0.05) is 16.6 Å². The van der Waals surface area contributed by atoms with E-state index in [0.29, 0.717) is 11.2 Å². The van der Waals surface area contributed by atoms with Gasteiger partial charge in [0.15, 0.2) is 5.11 Å². The molecule has 0 heterocycles. The zero-order valence-corrected chi connectivity index (χ0v) is 14.0. The van der Waals surface area contributed by atoms with Gasteiger partial charge >= 0.3 is 0 Å². The Labute approximate surface area is 138 Å². The summed E-state index contributed by atoms with van der Waals surface area (Å²) in [6.07, 6.45) is 7.97. The van der Waals surface area contributed by atoms with Crippen LogP contribution in [0.25, 0.3) is 6.08 Å². The van der Waals surface area contributed by atoms with Gasteiger partial charge in [0.05, 0.1) is 0 Å². The zero-order chi connectivity index (χ0) is 15.1. The summed E-state index contributed by atoms with van der Waals surface area (Å²) in [5, 5.41) is 3.66. The molecule has 1 fully saturated rings. The van der Waals surface area contributed by atoms with Gasteiger partial charge in [-0.15, -0.1) is 0 Å². The van der Waals surface area contributed by atoms with Crippen LogP contribution in [0.5, 0.6) is 0 Å². The fourth-order valence-electron chi connectivity index (χ4n) is 2.20. The Kier molecular flexibility index (Phi) is 6.20. The summed E-state index contributed by atoms with van der Waals surface area (Å²) in [7, 11) is 0. The van der Waals surface area contributed by atoms with Gasteiger partial charge in [-0.05, 0) is 48.8 Å². The number of carbonyl (C=O) groups excluding carboxylic acids is 1. The lowest BCUT2D eigenvalue weighted by molar-refractivity contribution is -0.116. The van der Waals surface area contributed by atoms with Crippen LogP contribution in [0, 0.1) is 0 Å². The number of rotatable bonds is 3. The summed E-state index contributed by atoms with van der Waals surface area (Å²) in [4.78, 5) is 11.7. The first-order valence-electron chi connectivity index (χ1n) is 6.93. The number of hydrazine groups is 1. The van der Waals surface area contributed by atoms with Crippen molar-refractivity contribution < 1.29 is 4.79 Å². The van der Waals surface area contributed by atoms with Crippen LogP contribution in [0.1, 0.15) is 31.2 Å². The van der Waals surface area contributed by atoms with Crippen molar-refractivity contribution >= 4 is 45.2 Å². The van der Waals surface area contributed by atoms with Crippen LogP contribution in [-0.2, 0) is 4.79 Å². The van der Waals surface area contributed by atoms with Crippen LogP contribution in [0.4, 0.5) is 0 Å². The third kappa shape index (κ3) is 5.85. The van der Waals surface area contributed by atoms with E-state index in [4.69, 9.17) is 12.2 Å². The molecule has 0 bridgehead atoms. The number of hydrogen-bond acceptors (Lipinski definition) is 2. The lowest BCUT2D eigenvalue weighted by Crippen LogP contribution is -2.48. The standard InChI is InChI=1S/C15H18BrN3OS/c16-12-8-5-11(6-9-12)7-10-14(20)18-19-15(21)17-13-3-1-2-4-13/h5-10,13H,1-4H2,(H,18,20)(H2,17,19,21)/b10-7+. The van der Waals surface area contributed by atoms with Gasteiger partial charge in [-0.2, -0.15) is 0 Å². The summed E-state index contributed by atoms with van der Waals surface area (Å²) in [5.41, 5.74) is 6.22. The van der Waals surface area contributed by atoms with Crippen LogP contribution in [-0.4, -0.2) is 17.1 Å². The van der Waals surface area contributed by atoms with Crippen LogP contribution in [0.3, 0.4) is 0 Å². The Bertz CT molecular complexity index is 524.